The number of nitrogens with zero attached hydrogens (tertiary/aromatic N) is 5. The average molecular weight is 721 g/mol. The van der Waals surface area contributed by atoms with Crippen molar-refractivity contribution in [2.24, 2.45) is 18.0 Å². The highest BCUT2D eigenvalue weighted by molar-refractivity contribution is 6.34. The smallest absolute Gasteiger partial charge is 0.291 e. The van der Waals surface area contributed by atoms with E-state index < -0.39 is 11.7 Å². The lowest BCUT2D eigenvalue weighted by Gasteiger charge is -2.37. The predicted octanol–water partition coefficient (Wildman–Crippen LogP) is 4.39. The van der Waals surface area contributed by atoms with E-state index in [4.69, 9.17) is 16.3 Å². The summed E-state index contributed by atoms with van der Waals surface area (Å²) >= 11 is 6.55. The maximum absolute atomic E-state index is 16.0. The number of carbonyl (C=O) groups excluding carboxylic acids is 3. The van der Waals surface area contributed by atoms with Crippen LogP contribution in [-0.4, -0.2) is 110 Å². The van der Waals surface area contributed by atoms with Gasteiger partial charge in [-0.2, -0.15) is 0 Å². The van der Waals surface area contributed by atoms with Gasteiger partial charge >= 0.3 is 0 Å². The first-order valence-electron chi connectivity index (χ1n) is 17.1. The number of piperidine rings is 1. The van der Waals surface area contributed by atoms with Gasteiger partial charge in [0.2, 0.25) is 5.91 Å². The van der Waals surface area contributed by atoms with Crippen molar-refractivity contribution in [3.05, 3.63) is 75.6 Å². The molecule has 14 heteroatoms. The van der Waals surface area contributed by atoms with Crippen LogP contribution in [0.4, 0.5) is 10.1 Å². The van der Waals surface area contributed by atoms with Crippen molar-refractivity contribution in [3.63, 3.8) is 0 Å². The van der Waals surface area contributed by atoms with Gasteiger partial charge in [-0.15, -0.1) is 0 Å². The van der Waals surface area contributed by atoms with Crippen molar-refractivity contribution >= 4 is 46.8 Å². The molecule has 0 spiro atoms. The van der Waals surface area contributed by atoms with Crippen molar-refractivity contribution in [1.29, 1.82) is 0 Å². The van der Waals surface area contributed by atoms with Gasteiger partial charge in [-0.25, -0.2) is 9.37 Å². The molecule has 2 aliphatic heterocycles. The Labute approximate surface area is 303 Å². The molecule has 51 heavy (non-hydrogen) atoms. The van der Waals surface area contributed by atoms with Gasteiger partial charge in [-0.1, -0.05) is 17.7 Å². The molecule has 12 nitrogen and oxygen atoms in total. The number of aromatic nitrogens is 2. The number of hydrogen-bond acceptors (Lipinski definition) is 8. The number of piperazine rings is 1. The molecule has 3 aromatic rings. The fraction of sp³-hybridized carbons (Fsp3) is 0.432. The Morgan fingerprint density at radius 3 is 2.45 bits per heavy atom. The lowest BCUT2D eigenvalue weighted by Crippen LogP contribution is -2.52. The van der Waals surface area contributed by atoms with Gasteiger partial charge in [0.25, 0.3) is 11.8 Å². The molecule has 0 bridgehead atoms. The third-order valence-corrected chi connectivity index (χ3v) is 9.84. The molecule has 2 aliphatic rings. The average Bonchev–Trinajstić information content (AvgIpc) is 3.52. The van der Waals surface area contributed by atoms with Crippen LogP contribution in [0.2, 0.25) is 5.02 Å². The summed E-state index contributed by atoms with van der Waals surface area (Å²) in [5, 5.41) is 9.55. The number of rotatable bonds is 11. The summed E-state index contributed by atoms with van der Waals surface area (Å²) in [6.45, 7) is 8.25. The third kappa shape index (κ3) is 8.49. The van der Waals surface area contributed by atoms with E-state index in [2.05, 4.69) is 25.9 Å². The number of nitrogens with one attached hydrogen (secondary N) is 3. The Kier molecular flexibility index (Phi) is 12.6. The number of carbonyl (C=O) groups is 3. The zero-order valence-corrected chi connectivity index (χ0v) is 30.6. The first-order valence-corrected chi connectivity index (χ1v) is 17.5. The number of hydrogen-bond donors (Lipinski definition) is 3. The first kappa shape index (κ1) is 37.7. The summed E-state index contributed by atoms with van der Waals surface area (Å²) in [6.07, 6.45) is 4.83. The van der Waals surface area contributed by atoms with E-state index in [1.165, 1.54) is 16.8 Å². The molecule has 3 amide bonds. The van der Waals surface area contributed by atoms with Gasteiger partial charge < -0.3 is 35.1 Å². The number of aliphatic imine (C=N–C) groups is 1. The number of imidazole rings is 1. The standard InChI is InChI=1S/C37H46ClFN8O4/c1-23-27(30(21-40-3)24(2)42-14-19-51-5)8-9-29(33(23)39)32-22-43-34(45(32)4)35(48)44-26-6-7-28(31(38)20-26)37(50)47-17-15-46(16-18-47)36(49)25-10-12-41-13-11-25/h6-9,20-22,25,41-42H,10-19H2,1-5H3,(H,44,48)/b30-24+,40-21?. The predicted molar refractivity (Wildman–Crippen MR) is 198 cm³/mol. The second-order valence-corrected chi connectivity index (χ2v) is 13.2. The second-order valence-electron chi connectivity index (χ2n) is 12.8. The first-order chi connectivity index (χ1) is 24.5. The van der Waals surface area contributed by atoms with E-state index in [-0.39, 0.29) is 28.6 Å². The molecule has 2 saturated heterocycles. The van der Waals surface area contributed by atoms with Crippen LogP contribution in [-0.2, 0) is 16.6 Å². The molecule has 2 aromatic carbocycles. The maximum atomic E-state index is 16.0. The lowest BCUT2D eigenvalue weighted by atomic mass is 9.96. The van der Waals surface area contributed by atoms with Gasteiger partial charge in [0, 0.05) is 88.6 Å². The van der Waals surface area contributed by atoms with E-state index in [1.807, 2.05) is 17.9 Å². The second kappa shape index (κ2) is 17.1. The third-order valence-electron chi connectivity index (χ3n) is 9.53. The number of amides is 3. The highest BCUT2D eigenvalue weighted by Gasteiger charge is 2.30. The molecule has 3 N–H and O–H groups in total. The molecule has 0 unspecified atom stereocenters. The Balaban J connectivity index is 1.25. The van der Waals surface area contributed by atoms with Gasteiger partial charge in [0.05, 0.1) is 29.1 Å². The monoisotopic (exact) mass is 720 g/mol. The summed E-state index contributed by atoms with van der Waals surface area (Å²) in [4.78, 5) is 51.6. The molecule has 0 saturated carbocycles. The van der Waals surface area contributed by atoms with Crippen LogP contribution in [0, 0.1) is 18.7 Å². The summed E-state index contributed by atoms with van der Waals surface area (Å²) in [6, 6.07) is 8.21. The number of benzene rings is 2. The van der Waals surface area contributed by atoms with E-state index in [9.17, 15) is 14.4 Å². The number of ether oxygens (including phenoxy) is 1. The van der Waals surface area contributed by atoms with Crippen molar-refractivity contribution < 1.29 is 23.5 Å². The van der Waals surface area contributed by atoms with Crippen LogP contribution in [0.15, 0.2) is 47.2 Å². The minimum absolute atomic E-state index is 0.0427. The zero-order chi connectivity index (χ0) is 36.7. The molecule has 1 aromatic heterocycles. The van der Waals surface area contributed by atoms with E-state index in [1.54, 1.807) is 57.4 Å². The summed E-state index contributed by atoms with van der Waals surface area (Å²) in [5.41, 5.74) is 4.12. The van der Waals surface area contributed by atoms with E-state index in [0.717, 1.165) is 37.2 Å². The summed E-state index contributed by atoms with van der Waals surface area (Å²) in [5.74, 6) is -0.912. The normalized spacial score (nSPS) is 16.0. The molecule has 0 atom stereocenters. The van der Waals surface area contributed by atoms with Crippen molar-refractivity contribution in [2.75, 3.05) is 71.9 Å². The highest BCUT2D eigenvalue weighted by Crippen LogP contribution is 2.31. The van der Waals surface area contributed by atoms with Crippen LogP contribution >= 0.6 is 11.6 Å². The molecular weight excluding hydrogens is 675 g/mol. The van der Waals surface area contributed by atoms with Gasteiger partial charge in [-0.3, -0.25) is 19.4 Å². The van der Waals surface area contributed by atoms with Crippen molar-refractivity contribution in [3.8, 4) is 11.3 Å². The van der Waals surface area contributed by atoms with Gasteiger partial charge in [0.15, 0.2) is 5.82 Å². The molecule has 272 valence electrons. The lowest BCUT2D eigenvalue weighted by molar-refractivity contribution is -0.137. The minimum atomic E-state index is -0.524. The van der Waals surface area contributed by atoms with Crippen LogP contribution < -0.4 is 16.0 Å². The fourth-order valence-corrected chi connectivity index (χ4v) is 6.82. The van der Waals surface area contributed by atoms with Crippen LogP contribution in [0.25, 0.3) is 16.8 Å². The number of allylic oxidation sites excluding steroid dienone is 2. The quantitative estimate of drug-likeness (QED) is 0.198. The topological polar surface area (TPSA) is 133 Å². The summed E-state index contributed by atoms with van der Waals surface area (Å²) in [7, 11) is 4.94. The Hall–Kier alpha value is -4.59. The Bertz CT molecular complexity index is 1830. The summed E-state index contributed by atoms with van der Waals surface area (Å²) < 4.78 is 22.6. The largest absolute Gasteiger partial charge is 0.386 e. The minimum Gasteiger partial charge on any atom is -0.386 e. The number of anilines is 1. The van der Waals surface area contributed by atoms with Crippen molar-refractivity contribution in [2.45, 2.75) is 26.7 Å². The number of methoxy groups -OCH3 is 1. The SMILES string of the molecule is CN=C/C(=C(/C)NCCOC)c1ccc(-c2cnc(C(=O)Nc3ccc(C(=O)N4CCN(C(=O)C5CCNCC5)CC4)c(Cl)c3)n2C)c(F)c1C. The van der Waals surface area contributed by atoms with E-state index in [0.29, 0.717) is 73.0 Å². The van der Waals surface area contributed by atoms with Gasteiger partial charge in [0.1, 0.15) is 5.82 Å². The van der Waals surface area contributed by atoms with E-state index >= 15 is 4.39 Å². The highest BCUT2D eigenvalue weighted by atomic mass is 35.5. The van der Waals surface area contributed by atoms with Gasteiger partial charge in [-0.05, 0) is 75.2 Å². The molecule has 0 radical (unpaired) electrons. The Morgan fingerprint density at radius 2 is 1.78 bits per heavy atom. The molecule has 0 aliphatic carbocycles. The van der Waals surface area contributed by atoms with Crippen LogP contribution in [0.1, 0.15) is 51.9 Å². The number of halogens is 2. The maximum Gasteiger partial charge on any atom is 0.291 e. The fourth-order valence-electron chi connectivity index (χ4n) is 6.56. The molecule has 2 fully saturated rings. The zero-order valence-electron chi connectivity index (χ0n) is 29.8. The van der Waals surface area contributed by atoms with Crippen LogP contribution in [0.5, 0.6) is 0 Å². The van der Waals surface area contributed by atoms with Crippen molar-refractivity contribution in [1.82, 2.24) is 30.0 Å². The molecular formula is C37H46ClFN8O4. The van der Waals surface area contributed by atoms with Crippen LogP contribution in [0.3, 0.4) is 0 Å². The molecule has 3 heterocycles. The molecule has 5 rings (SSSR count). The Morgan fingerprint density at radius 1 is 1.10 bits per heavy atom.